The highest BCUT2D eigenvalue weighted by Gasteiger charge is 2.50. The summed E-state index contributed by atoms with van der Waals surface area (Å²) in [4.78, 5) is 29.1. The van der Waals surface area contributed by atoms with Gasteiger partial charge in [0.1, 0.15) is 18.5 Å². The molecule has 8 nitrogen and oxygen atoms in total. The van der Waals surface area contributed by atoms with Gasteiger partial charge in [-0.05, 0) is 15.4 Å². The summed E-state index contributed by atoms with van der Waals surface area (Å²) in [6.45, 7) is 7.29. The molecule has 1 N–H and O–H groups in total. The van der Waals surface area contributed by atoms with Crippen LogP contribution in [0.2, 0.25) is 10.2 Å². The van der Waals surface area contributed by atoms with E-state index in [2.05, 4.69) is 89.6 Å². The van der Waals surface area contributed by atoms with Crippen LogP contribution in [0.4, 0.5) is 5.95 Å². The van der Waals surface area contributed by atoms with Gasteiger partial charge in [0.05, 0.1) is 6.61 Å². The number of hydrogen-bond acceptors (Lipinski definition) is 6. The maximum atomic E-state index is 10.8. The van der Waals surface area contributed by atoms with E-state index in [9.17, 15) is 4.79 Å². The highest BCUT2D eigenvalue weighted by molar-refractivity contribution is 6.99. The summed E-state index contributed by atoms with van der Waals surface area (Å²) >= 11 is 6.16. The second kappa shape index (κ2) is 9.92. The van der Waals surface area contributed by atoms with E-state index in [1.807, 2.05) is 12.1 Å². The molecule has 4 aromatic rings. The van der Waals surface area contributed by atoms with Crippen LogP contribution in [0, 0.1) is 0 Å². The predicted molar refractivity (Wildman–Crippen MR) is 135 cm³/mol. The highest BCUT2D eigenvalue weighted by atomic mass is 35.5. The number of aromatic nitrogens is 4. The van der Waals surface area contributed by atoms with Crippen LogP contribution in [0.15, 0.2) is 67.0 Å². The second-order valence-corrected chi connectivity index (χ2v) is 13.4. The molecular weight excluding hydrogens is 470 g/mol. The molecule has 2 heterocycles. The highest BCUT2D eigenvalue weighted by Crippen LogP contribution is 2.36. The van der Waals surface area contributed by atoms with Crippen LogP contribution in [0.25, 0.3) is 11.2 Å². The Morgan fingerprint density at radius 1 is 1.00 bits per heavy atom. The van der Waals surface area contributed by atoms with Gasteiger partial charge in [-0.1, -0.05) is 93.0 Å². The predicted octanol–water partition coefficient (Wildman–Crippen LogP) is 3.05. The third-order valence-corrected chi connectivity index (χ3v) is 10.9. The van der Waals surface area contributed by atoms with Crippen LogP contribution < -0.4 is 20.5 Å². The molecule has 0 atom stereocenters. The number of hydrogen-bond donors (Lipinski definition) is 1. The van der Waals surface area contributed by atoms with Crippen LogP contribution in [-0.2, 0) is 9.22 Å². The van der Waals surface area contributed by atoms with Gasteiger partial charge < -0.3 is 9.26 Å². The van der Waals surface area contributed by atoms with Gasteiger partial charge in [0.2, 0.25) is 18.0 Å². The Kier molecular flexibility index (Phi) is 6.97. The normalized spacial score (nSPS) is 12.0. The Balaban J connectivity index is 1.59. The summed E-state index contributed by atoms with van der Waals surface area (Å²) in [5, 5.41) is 4.79. The first-order valence-electron chi connectivity index (χ1n) is 10.9. The van der Waals surface area contributed by atoms with E-state index in [1.54, 1.807) is 0 Å². The standard InChI is InChI=1S/C24H26ClN5O3Si/c1-24(2,3)34(18-10-6-4-7-11-18,19-12-8-5-9-13-19)33-15-14-32-30-16-26-20-21(25)28-23(27-17-31)29-22(20)30/h4-13,16-17H,14-15H2,1-3H3,(H,27,28,29,31). The van der Waals surface area contributed by atoms with Crippen molar-refractivity contribution in [3.8, 4) is 0 Å². The molecule has 0 aliphatic rings. The number of carbonyl (C=O) groups is 1. The molecule has 0 fully saturated rings. The number of nitrogens with one attached hydrogen (secondary N) is 1. The Bertz CT molecular complexity index is 1220. The molecule has 176 valence electrons. The summed E-state index contributed by atoms with van der Waals surface area (Å²) in [7, 11) is -2.65. The van der Waals surface area contributed by atoms with Crippen molar-refractivity contribution in [3.05, 3.63) is 72.1 Å². The molecule has 2 aromatic carbocycles. The Morgan fingerprint density at radius 3 is 2.18 bits per heavy atom. The number of carbonyl (C=O) groups excluding carboxylic acids is 1. The number of halogens is 1. The molecule has 10 heteroatoms. The zero-order valence-electron chi connectivity index (χ0n) is 19.2. The van der Waals surface area contributed by atoms with E-state index in [4.69, 9.17) is 20.9 Å². The quantitative estimate of drug-likeness (QED) is 0.166. The molecule has 0 unspecified atom stereocenters. The summed E-state index contributed by atoms with van der Waals surface area (Å²) in [5.41, 5.74) is 0.737. The molecule has 0 aliphatic heterocycles. The van der Waals surface area contributed by atoms with Crippen LogP contribution >= 0.6 is 11.6 Å². The van der Waals surface area contributed by atoms with Gasteiger partial charge in [-0.15, -0.1) is 0 Å². The first-order valence-corrected chi connectivity index (χ1v) is 13.1. The number of amides is 1. The number of fused-ring (bicyclic) bond motifs is 1. The van der Waals surface area contributed by atoms with Crippen molar-refractivity contribution in [1.82, 2.24) is 19.7 Å². The van der Waals surface area contributed by atoms with Crippen molar-refractivity contribution in [2.75, 3.05) is 18.5 Å². The molecule has 0 aliphatic carbocycles. The van der Waals surface area contributed by atoms with E-state index in [0.717, 1.165) is 0 Å². The molecular formula is C24H26ClN5O3Si. The Morgan fingerprint density at radius 2 is 1.62 bits per heavy atom. The van der Waals surface area contributed by atoms with Crippen LogP contribution in [0.3, 0.4) is 0 Å². The van der Waals surface area contributed by atoms with Gasteiger partial charge in [0, 0.05) is 0 Å². The van der Waals surface area contributed by atoms with Crippen molar-refractivity contribution in [2.45, 2.75) is 25.8 Å². The molecule has 34 heavy (non-hydrogen) atoms. The zero-order chi connectivity index (χ0) is 24.2. The molecule has 4 rings (SSSR count). The van der Waals surface area contributed by atoms with Gasteiger partial charge in [0.15, 0.2) is 5.15 Å². The summed E-state index contributed by atoms with van der Waals surface area (Å²) < 4.78 is 8.24. The van der Waals surface area contributed by atoms with Crippen molar-refractivity contribution in [1.29, 1.82) is 0 Å². The third kappa shape index (κ3) is 4.54. The average Bonchev–Trinajstić information content (AvgIpc) is 3.23. The van der Waals surface area contributed by atoms with E-state index in [0.29, 0.717) is 24.2 Å². The third-order valence-electron chi connectivity index (χ3n) is 5.56. The minimum atomic E-state index is -2.65. The maximum Gasteiger partial charge on any atom is 0.261 e. The molecule has 2 aromatic heterocycles. The lowest BCUT2D eigenvalue weighted by Gasteiger charge is -2.43. The molecule has 0 saturated carbocycles. The molecule has 0 radical (unpaired) electrons. The summed E-state index contributed by atoms with van der Waals surface area (Å²) in [6.07, 6.45) is 1.95. The van der Waals surface area contributed by atoms with E-state index in [-0.39, 0.29) is 22.7 Å². The SMILES string of the molecule is CC(C)(C)[Si](OCCOn1cnc2c(Cl)nc(NC=O)nc21)(c1ccccc1)c1ccccc1. The topological polar surface area (TPSA) is 91.2 Å². The Labute approximate surface area is 204 Å². The molecule has 0 bridgehead atoms. The largest absolute Gasteiger partial charge is 0.408 e. The summed E-state index contributed by atoms with van der Waals surface area (Å²) in [5.74, 6) is 0.0708. The van der Waals surface area contributed by atoms with Gasteiger partial charge in [0.25, 0.3) is 8.32 Å². The number of anilines is 1. The lowest BCUT2D eigenvalue weighted by Crippen LogP contribution is -2.66. The van der Waals surface area contributed by atoms with Gasteiger partial charge in [-0.25, -0.2) is 4.98 Å². The number of imidazole rings is 1. The lowest BCUT2D eigenvalue weighted by molar-refractivity contribution is -0.105. The first kappa shape index (κ1) is 23.9. The fourth-order valence-corrected chi connectivity index (χ4v) is 8.91. The smallest absolute Gasteiger partial charge is 0.261 e. The summed E-state index contributed by atoms with van der Waals surface area (Å²) in [6, 6.07) is 20.8. The van der Waals surface area contributed by atoms with Gasteiger partial charge in [-0.2, -0.15) is 14.7 Å². The van der Waals surface area contributed by atoms with Crippen LogP contribution in [-0.4, -0.2) is 47.6 Å². The fraction of sp³-hybridized carbons (Fsp3) is 0.250. The van der Waals surface area contributed by atoms with E-state index >= 15 is 0 Å². The lowest BCUT2D eigenvalue weighted by atomic mass is 10.2. The minimum Gasteiger partial charge on any atom is -0.408 e. The van der Waals surface area contributed by atoms with Crippen molar-refractivity contribution in [3.63, 3.8) is 0 Å². The number of nitrogens with zero attached hydrogens (tertiary/aromatic N) is 4. The van der Waals surface area contributed by atoms with Crippen LogP contribution in [0.1, 0.15) is 20.8 Å². The molecule has 0 spiro atoms. The van der Waals surface area contributed by atoms with E-state index < -0.39 is 8.32 Å². The first-order chi connectivity index (χ1) is 16.4. The van der Waals surface area contributed by atoms with Crippen molar-refractivity contribution < 1.29 is 14.1 Å². The zero-order valence-corrected chi connectivity index (χ0v) is 21.0. The number of rotatable bonds is 9. The monoisotopic (exact) mass is 495 g/mol. The number of benzene rings is 2. The van der Waals surface area contributed by atoms with Crippen LogP contribution in [0.5, 0.6) is 0 Å². The second-order valence-electron chi connectivity index (χ2n) is 8.69. The average molecular weight is 496 g/mol. The van der Waals surface area contributed by atoms with Crippen molar-refractivity contribution in [2.24, 2.45) is 0 Å². The fourth-order valence-electron chi connectivity index (χ4n) is 4.15. The van der Waals surface area contributed by atoms with Crippen molar-refractivity contribution >= 4 is 53.8 Å². The maximum absolute atomic E-state index is 10.8. The van der Waals surface area contributed by atoms with Gasteiger partial charge in [-0.3, -0.25) is 10.1 Å². The Hall–Kier alpha value is -3.27. The van der Waals surface area contributed by atoms with E-state index in [1.165, 1.54) is 21.4 Å². The minimum absolute atomic E-state index is 0.0708. The molecule has 0 saturated heterocycles. The molecule has 1 amide bonds. The van der Waals surface area contributed by atoms with Gasteiger partial charge >= 0.3 is 0 Å².